The summed E-state index contributed by atoms with van der Waals surface area (Å²) in [7, 11) is 0. The second-order valence-corrected chi connectivity index (χ2v) is 3.41. The van der Waals surface area contributed by atoms with Gasteiger partial charge in [-0.25, -0.2) is 9.97 Å². The van der Waals surface area contributed by atoms with E-state index in [9.17, 15) is 0 Å². The molecule has 0 atom stereocenters. The van der Waals surface area contributed by atoms with E-state index in [1.54, 1.807) is 0 Å². The Bertz CT molecular complexity index is 234. The van der Waals surface area contributed by atoms with Crippen LogP contribution in [0.25, 0.3) is 0 Å². The molecule has 0 aliphatic carbocycles. The van der Waals surface area contributed by atoms with Gasteiger partial charge in [0.2, 0.25) is 0 Å². The van der Waals surface area contributed by atoms with Crippen LogP contribution in [-0.4, -0.2) is 9.97 Å². The van der Waals surface area contributed by atoms with Crippen molar-refractivity contribution in [2.24, 2.45) is 0 Å². The maximum absolute atomic E-state index is 4.30. The van der Waals surface area contributed by atoms with Crippen molar-refractivity contribution in [2.45, 2.75) is 53.4 Å². The predicted octanol–water partition coefficient (Wildman–Crippen LogP) is 3.54. The molecule has 80 valence electrons. The highest BCUT2D eigenvalue weighted by Crippen LogP contribution is 2.00. The Morgan fingerprint density at radius 1 is 1.21 bits per heavy atom. The molecule has 0 fully saturated rings. The van der Waals surface area contributed by atoms with E-state index in [-0.39, 0.29) is 0 Å². The Morgan fingerprint density at radius 3 is 2.36 bits per heavy atom. The first kappa shape index (κ1) is 13.1. The molecule has 1 rings (SSSR count). The maximum atomic E-state index is 4.30. The molecule has 0 saturated heterocycles. The zero-order chi connectivity index (χ0) is 10.8. The molecule has 0 N–H and O–H groups in total. The van der Waals surface area contributed by atoms with Gasteiger partial charge in [-0.3, -0.25) is 0 Å². The number of hydrogen-bond donors (Lipinski definition) is 0. The van der Waals surface area contributed by atoms with Gasteiger partial charge in [-0.1, -0.05) is 33.6 Å². The van der Waals surface area contributed by atoms with E-state index < -0.39 is 0 Å². The van der Waals surface area contributed by atoms with Crippen molar-refractivity contribution in [1.82, 2.24) is 9.97 Å². The van der Waals surface area contributed by atoms with E-state index in [0.29, 0.717) is 0 Å². The Balaban J connectivity index is 0.000000500. The summed E-state index contributed by atoms with van der Waals surface area (Å²) in [5, 5.41) is 0. The number of hydrogen-bond acceptors (Lipinski definition) is 2. The van der Waals surface area contributed by atoms with Gasteiger partial charge in [0.1, 0.15) is 5.82 Å². The highest BCUT2D eigenvalue weighted by Gasteiger charge is 1.93. The van der Waals surface area contributed by atoms with E-state index in [1.165, 1.54) is 25.0 Å². The van der Waals surface area contributed by atoms with Crippen LogP contribution in [-0.2, 0) is 6.42 Å². The summed E-state index contributed by atoms with van der Waals surface area (Å²) in [5.41, 5.74) is 1.17. The second-order valence-electron chi connectivity index (χ2n) is 3.41. The van der Waals surface area contributed by atoms with Crippen molar-refractivity contribution >= 4 is 0 Å². The van der Waals surface area contributed by atoms with Gasteiger partial charge < -0.3 is 0 Å². The maximum Gasteiger partial charge on any atom is 0.125 e. The molecular weight excluding hydrogens is 172 g/mol. The van der Waals surface area contributed by atoms with Crippen molar-refractivity contribution < 1.29 is 0 Å². The Morgan fingerprint density at radius 2 is 1.86 bits per heavy atom. The Hall–Kier alpha value is -0.920. The largest absolute Gasteiger partial charge is 0.242 e. The van der Waals surface area contributed by atoms with Gasteiger partial charge in [0.05, 0.1) is 0 Å². The van der Waals surface area contributed by atoms with Crippen LogP contribution in [0.2, 0.25) is 0 Å². The van der Waals surface area contributed by atoms with E-state index in [2.05, 4.69) is 30.7 Å². The zero-order valence-electron chi connectivity index (χ0n) is 9.88. The van der Waals surface area contributed by atoms with Gasteiger partial charge in [-0.05, 0) is 25.8 Å². The fraction of sp³-hybridized carbons (Fsp3) is 0.667. The van der Waals surface area contributed by atoms with Gasteiger partial charge in [-0.2, -0.15) is 0 Å². The molecule has 0 aliphatic heterocycles. The molecule has 0 bridgehead atoms. The second kappa shape index (κ2) is 8.67. The van der Waals surface area contributed by atoms with Crippen molar-refractivity contribution in [3.63, 3.8) is 0 Å². The van der Waals surface area contributed by atoms with E-state index in [4.69, 9.17) is 0 Å². The van der Waals surface area contributed by atoms with Gasteiger partial charge in [0.25, 0.3) is 0 Å². The summed E-state index contributed by atoms with van der Waals surface area (Å²) in [6, 6.07) is 1.99. The third-order valence-corrected chi connectivity index (χ3v) is 1.62. The SMILES string of the molecule is CCC.CCCCc1ccnc(C)n1. The summed E-state index contributed by atoms with van der Waals surface area (Å²) in [6.45, 7) is 8.36. The molecule has 1 heterocycles. The third-order valence-electron chi connectivity index (χ3n) is 1.62. The normalized spacial score (nSPS) is 9.14. The lowest BCUT2D eigenvalue weighted by molar-refractivity contribution is 0.768. The van der Waals surface area contributed by atoms with Crippen molar-refractivity contribution in [3.8, 4) is 0 Å². The van der Waals surface area contributed by atoms with Gasteiger partial charge >= 0.3 is 0 Å². The van der Waals surface area contributed by atoms with Crippen LogP contribution in [0.15, 0.2) is 12.3 Å². The van der Waals surface area contributed by atoms with Crippen LogP contribution in [0.3, 0.4) is 0 Å². The number of nitrogens with zero attached hydrogens (tertiary/aromatic N) is 2. The third kappa shape index (κ3) is 6.58. The van der Waals surface area contributed by atoms with Crippen molar-refractivity contribution in [3.05, 3.63) is 23.8 Å². The van der Waals surface area contributed by atoms with Gasteiger partial charge in [-0.15, -0.1) is 0 Å². The van der Waals surface area contributed by atoms with Crippen molar-refractivity contribution in [1.29, 1.82) is 0 Å². The highest BCUT2D eigenvalue weighted by atomic mass is 14.9. The lowest BCUT2D eigenvalue weighted by Crippen LogP contribution is -1.93. The van der Waals surface area contributed by atoms with E-state index in [0.717, 1.165) is 12.2 Å². The number of unbranched alkanes of at least 4 members (excludes halogenated alkanes) is 1. The summed E-state index contributed by atoms with van der Waals surface area (Å²) in [4.78, 5) is 8.34. The van der Waals surface area contributed by atoms with Crippen LogP contribution in [0, 0.1) is 6.92 Å². The minimum atomic E-state index is 0.874. The van der Waals surface area contributed by atoms with E-state index >= 15 is 0 Å². The first-order chi connectivity index (χ1) is 6.74. The average molecular weight is 194 g/mol. The molecule has 0 amide bonds. The summed E-state index contributed by atoms with van der Waals surface area (Å²) in [6.07, 6.45) is 6.60. The molecular formula is C12H22N2. The lowest BCUT2D eigenvalue weighted by atomic mass is 10.2. The van der Waals surface area contributed by atoms with Crippen LogP contribution in [0.5, 0.6) is 0 Å². The standard InChI is InChI=1S/C9H14N2.C3H8/c1-3-4-5-9-6-7-10-8(2)11-9;1-3-2/h6-7H,3-5H2,1-2H3;3H2,1-2H3. The topological polar surface area (TPSA) is 25.8 Å². The van der Waals surface area contributed by atoms with Crippen LogP contribution < -0.4 is 0 Å². The fourth-order valence-electron chi connectivity index (χ4n) is 1.00. The van der Waals surface area contributed by atoms with E-state index in [1.807, 2.05) is 19.2 Å². The number of rotatable bonds is 3. The van der Waals surface area contributed by atoms with Crippen molar-refractivity contribution in [2.75, 3.05) is 0 Å². The highest BCUT2D eigenvalue weighted by molar-refractivity contribution is 5.01. The smallest absolute Gasteiger partial charge is 0.125 e. The molecule has 0 unspecified atom stereocenters. The molecule has 0 aliphatic rings. The average Bonchev–Trinajstić information content (AvgIpc) is 2.16. The lowest BCUT2D eigenvalue weighted by Gasteiger charge is -1.98. The Kier molecular flexibility index (Phi) is 8.10. The Labute approximate surface area is 87.8 Å². The molecule has 1 aromatic heterocycles. The summed E-state index contributed by atoms with van der Waals surface area (Å²) < 4.78 is 0. The molecule has 0 saturated carbocycles. The molecule has 0 spiro atoms. The molecule has 0 radical (unpaired) electrons. The molecule has 0 aromatic carbocycles. The first-order valence-electron chi connectivity index (χ1n) is 5.53. The quantitative estimate of drug-likeness (QED) is 0.735. The number of aryl methyl sites for hydroxylation is 2. The molecule has 2 heteroatoms. The van der Waals surface area contributed by atoms with Crippen LogP contribution >= 0.6 is 0 Å². The molecule has 14 heavy (non-hydrogen) atoms. The summed E-state index contributed by atoms with van der Waals surface area (Å²) in [5.74, 6) is 0.874. The molecule has 1 aromatic rings. The summed E-state index contributed by atoms with van der Waals surface area (Å²) >= 11 is 0. The first-order valence-corrected chi connectivity index (χ1v) is 5.53. The minimum absolute atomic E-state index is 0.874. The monoisotopic (exact) mass is 194 g/mol. The van der Waals surface area contributed by atoms with Gasteiger partial charge in [0, 0.05) is 11.9 Å². The molecule has 2 nitrogen and oxygen atoms in total. The number of aromatic nitrogens is 2. The van der Waals surface area contributed by atoms with Crippen LogP contribution in [0.4, 0.5) is 0 Å². The minimum Gasteiger partial charge on any atom is -0.242 e. The predicted molar refractivity (Wildman–Crippen MR) is 61.3 cm³/mol. The fourth-order valence-corrected chi connectivity index (χ4v) is 1.00. The van der Waals surface area contributed by atoms with Crippen LogP contribution in [0.1, 0.15) is 51.6 Å². The zero-order valence-corrected chi connectivity index (χ0v) is 9.88. The van der Waals surface area contributed by atoms with Gasteiger partial charge in [0.15, 0.2) is 0 Å².